The largest absolute Gasteiger partial charge is 0.465 e. The van der Waals surface area contributed by atoms with E-state index in [1.165, 1.54) is 19.2 Å². The zero-order chi connectivity index (χ0) is 17.7. The summed E-state index contributed by atoms with van der Waals surface area (Å²) in [6.45, 7) is 0.216. The van der Waals surface area contributed by atoms with Crippen molar-refractivity contribution in [1.82, 2.24) is 5.32 Å². The number of carbonyl (C=O) groups excluding carboxylic acids is 2. The summed E-state index contributed by atoms with van der Waals surface area (Å²) >= 11 is 5.91. The number of nitro benzene ring substituents is 1. The number of ether oxygens (including phenoxy) is 1. The summed E-state index contributed by atoms with van der Waals surface area (Å²) in [5, 5.41) is 13.3. The number of amides is 1. The van der Waals surface area contributed by atoms with Gasteiger partial charge >= 0.3 is 5.97 Å². The second kappa shape index (κ2) is 7.56. The van der Waals surface area contributed by atoms with E-state index < -0.39 is 16.8 Å². The summed E-state index contributed by atoms with van der Waals surface area (Å²) in [4.78, 5) is 33.5. The quantitative estimate of drug-likeness (QED) is 0.509. The third-order valence-electron chi connectivity index (χ3n) is 3.24. The average molecular weight is 349 g/mol. The Bertz CT molecular complexity index is 790. The van der Waals surface area contributed by atoms with Crippen LogP contribution in [0.4, 0.5) is 5.69 Å². The van der Waals surface area contributed by atoms with Crippen LogP contribution in [-0.4, -0.2) is 23.9 Å². The highest BCUT2D eigenvalue weighted by Crippen LogP contribution is 2.22. The van der Waals surface area contributed by atoms with Gasteiger partial charge in [-0.2, -0.15) is 0 Å². The van der Waals surface area contributed by atoms with Crippen LogP contribution in [-0.2, 0) is 11.3 Å². The molecule has 1 N–H and O–H groups in total. The Hall–Kier alpha value is -2.93. The summed E-state index contributed by atoms with van der Waals surface area (Å²) in [7, 11) is 1.30. The van der Waals surface area contributed by atoms with Gasteiger partial charge in [0, 0.05) is 18.7 Å². The molecule has 0 saturated carbocycles. The summed E-state index contributed by atoms with van der Waals surface area (Å²) < 4.78 is 4.60. The predicted molar refractivity (Wildman–Crippen MR) is 87.1 cm³/mol. The lowest BCUT2D eigenvalue weighted by Gasteiger charge is -2.07. The van der Waals surface area contributed by atoms with Crippen molar-refractivity contribution in [2.24, 2.45) is 0 Å². The van der Waals surface area contributed by atoms with Crippen molar-refractivity contribution in [3.8, 4) is 0 Å². The number of benzene rings is 2. The van der Waals surface area contributed by atoms with Gasteiger partial charge in [0.1, 0.15) is 0 Å². The zero-order valence-electron chi connectivity index (χ0n) is 12.6. The lowest BCUT2D eigenvalue weighted by molar-refractivity contribution is -0.384. The molecular weight excluding hydrogens is 336 g/mol. The number of hydrogen-bond acceptors (Lipinski definition) is 5. The first-order valence-corrected chi connectivity index (χ1v) is 7.19. The molecule has 2 rings (SSSR count). The van der Waals surface area contributed by atoms with E-state index in [0.29, 0.717) is 5.56 Å². The van der Waals surface area contributed by atoms with Crippen molar-refractivity contribution in [2.75, 3.05) is 7.11 Å². The van der Waals surface area contributed by atoms with Crippen LogP contribution in [0, 0.1) is 10.1 Å². The number of nitrogens with zero attached hydrogens (tertiary/aromatic N) is 1. The summed E-state index contributed by atoms with van der Waals surface area (Å²) in [5.41, 5.74) is 1.14. The van der Waals surface area contributed by atoms with Crippen LogP contribution in [0.1, 0.15) is 26.3 Å². The van der Waals surface area contributed by atoms with Crippen molar-refractivity contribution >= 4 is 29.2 Å². The van der Waals surface area contributed by atoms with E-state index in [-0.39, 0.29) is 22.8 Å². The molecule has 124 valence electrons. The number of halogens is 1. The van der Waals surface area contributed by atoms with E-state index >= 15 is 0 Å². The molecule has 0 atom stereocenters. The Morgan fingerprint density at radius 2 is 1.88 bits per heavy atom. The van der Waals surface area contributed by atoms with Gasteiger partial charge in [0.15, 0.2) is 0 Å². The van der Waals surface area contributed by atoms with Gasteiger partial charge in [-0.1, -0.05) is 23.7 Å². The Morgan fingerprint density at radius 1 is 1.21 bits per heavy atom. The highest BCUT2D eigenvalue weighted by atomic mass is 35.5. The summed E-state index contributed by atoms with van der Waals surface area (Å²) in [6, 6.07) is 10.2. The molecule has 0 aromatic heterocycles. The third kappa shape index (κ3) is 4.08. The Labute approximate surface area is 142 Å². The highest BCUT2D eigenvalue weighted by Gasteiger charge is 2.14. The second-order valence-corrected chi connectivity index (χ2v) is 5.20. The summed E-state index contributed by atoms with van der Waals surface area (Å²) in [5.74, 6) is -0.893. The molecule has 0 aliphatic rings. The van der Waals surface area contributed by atoms with Crippen molar-refractivity contribution in [3.63, 3.8) is 0 Å². The maximum absolute atomic E-state index is 12.1. The normalized spacial score (nSPS) is 10.1. The van der Waals surface area contributed by atoms with E-state index in [1.54, 1.807) is 24.3 Å². The van der Waals surface area contributed by atoms with E-state index in [2.05, 4.69) is 10.1 Å². The Morgan fingerprint density at radius 3 is 2.42 bits per heavy atom. The van der Waals surface area contributed by atoms with Gasteiger partial charge < -0.3 is 10.1 Å². The average Bonchev–Trinajstić information content (AvgIpc) is 2.59. The molecule has 0 aliphatic carbocycles. The molecular formula is C16H13ClN2O5. The molecule has 2 aromatic rings. The van der Waals surface area contributed by atoms with Crippen LogP contribution in [0.25, 0.3) is 0 Å². The van der Waals surface area contributed by atoms with Gasteiger partial charge in [0.25, 0.3) is 11.6 Å². The molecule has 0 heterocycles. The molecule has 0 fully saturated rings. The maximum atomic E-state index is 12.1. The number of esters is 1. The van der Waals surface area contributed by atoms with Gasteiger partial charge in [-0.05, 0) is 23.8 Å². The number of non-ortho nitro benzene ring substituents is 1. The van der Waals surface area contributed by atoms with Gasteiger partial charge in [0.05, 0.1) is 28.2 Å². The van der Waals surface area contributed by atoms with Crippen molar-refractivity contribution < 1.29 is 19.2 Å². The second-order valence-electron chi connectivity index (χ2n) is 4.79. The highest BCUT2D eigenvalue weighted by molar-refractivity contribution is 6.34. The third-order valence-corrected chi connectivity index (χ3v) is 3.55. The fraction of sp³-hybridized carbons (Fsp3) is 0.125. The minimum atomic E-state index is -0.587. The van der Waals surface area contributed by atoms with Gasteiger partial charge in [0.2, 0.25) is 0 Å². The molecule has 8 heteroatoms. The lowest BCUT2D eigenvalue weighted by Crippen LogP contribution is -2.23. The maximum Gasteiger partial charge on any atom is 0.337 e. The molecule has 0 bridgehead atoms. The fourth-order valence-electron chi connectivity index (χ4n) is 1.96. The molecule has 2 aromatic carbocycles. The standard InChI is InChI=1S/C16H13ClN2O5/c1-24-16(21)11-4-2-10(3-5-11)9-18-15(20)13-7-6-12(19(22)23)8-14(13)17/h2-8H,9H2,1H3,(H,18,20). The first-order chi connectivity index (χ1) is 11.4. The fourth-order valence-corrected chi connectivity index (χ4v) is 2.22. The van der Waals surface area contributed by atoms with Crippen LogP contribution >= 0.6 is 11.6 Å². The van der Waals surface area contributed by atoms with Crippen molar-refractivity contribution in [3.05, 3.63) is 74.3 Å². The van der Waals surface area contributed by atoms with E-state index in [1.807, 2.05) is 0 Å². The summed E-state index contributed by atoms with van der Waals surface area (Å²) in [6.07, 6.45) is 0. The van der Waals surface area contributed by atoms with Crippen LogP contribution in [0.15, 0.2) is 42.5 Å². The lowest BCUT2D eigenvalue weighted by atomic mass is 10.1. The van der Waals surface area contributed by atoms with Crippen molar-refractivity contribution in [1.29, 1.82) is 0 Å². The smallest absolute Gasteiger partial charge is 0.337 e. The molecule has 1 amide bonds. The SMILES string of the molecule is COC(=O)c1ccc(CNC(=O)c2ccc([N+](=O)[O-])cc2Cl)cc1. The number of carbonyl (C=O) groups is 2. The first-order valence-electron chi connectivity index (χ1n) is 6.81. The first kappa shape index (κ1) is 17.4. The molecule has 0 spiro atoms. The van der Waals surface area contributed by atoms with E-state index in [0.717, 1.165) is 11.6 Å². The minimum absolute atomic E-state index is 0.00254. The monoisotopic (exact) mass is 348 g/mol. The number of methoxy groups -OCH3 is 1. The van der Waals surface area contributed by atoms with Crippen LogP contribution in [0.5, 0.6) is 0 Å². The van der Waals surface area contributed by atoms with Gasteiger partial charge in [-0.3, -0.25) is 14.9 Å². The topological polar surface area (TPSA) is 98.5 Å². The molecule has 0 aliphatic heterocycles. The number of hydrogen-bond donors (Lipinski definition) is 1. The van der Waals surface area contributed by atoms with Gasteiger partial charge in [-0.15, -0.1) is 0 Å². The van der Waals surface area contributed by atoms with E-state index in [9.17, 15) is 19.7 Å². The minimum Gasteiger partial charge on any atom is -0.465 e. The molecule has 7 nitrogen and oxygen atoms in total. The number of rotatable bonds is 5. The zero-order valence-corrected chi connectivity index (χ0v) is 13.4. The van der Waals surface area contributed by atoms with Crippen LogP contribution in [0.2, 0.25) is 5.02 Å². The number of nitro groups is 1. The van der Waals surface area contributed by atoms with Crippen molar-refractivity contribution in [2.45, 2.75) is 6.54 Å². The van der Waals surface area contributed by atoms with Crippen LogP contribution < -0.4 is 5.32 Å². The van der Waals surface area contributed by atoms with Gasteiger partial charge in [-0.25, -0.2) is 4.79 Å². The Balaban J connectivity index is 2.03. The predicted octanol–water partition coefficient (Wildman–Crippen LogP) is 2.96. The van der Waals surface area contributed by atoms with E-state index in [4.69, 9.17) is 11.6 Å². The molecule has 24 heavy (non-hydrogen) atoms. The molecule has 0 unspecified atom stereocenters. The molecule has 0 radical (unpaired) electrons. The Kier molecular flexibility index (Phi) is 5.49. The molecule has 0 saturated heterocycles. The number of nitrogens with one attached hydrogen (secondary N) is 1. The van der Waals surface area contributed by atoms with Crippen LogP contribution in [0.3, 0.4) is 0 Å².